The van der Waals surface area contributed by atoms with Crippen LogP contribution >= 0.6 is 15.9 Å². The fraction of sp³-hybridized carbons (Fsp3) is 0.235. The van der Waals surface area contributed by atoms with Crippen LogP contribution < -0.4 is 5.32 Å². The number of benzene rings is 2. The molecule has 0 fully saturated rings. The number of hydrogen-bond donors (Lipinski definition) is 1. The van der Waals surface area contributed by atoms with Crippen LogP contribution in [0.15, 0.2) is 46.9 Å². The highest BCUT2D eigenvalue weighted by molar-refractivity contribution is 9.10. The first-order valence-electron chi connectivity index (χ1n) is 6.78. The molecule has 0 saturated heterocycles. The van der Waals surface area contributed by atoms with Crippen LogP contribution in [-0.4, -0.2) is 24.9 Å². The van der Waals surface area contributed by atoms with E-state index in [0.29, 0.717) is 5.56 Å². The number of anilines is 1. The molecule has 0 heterocycles. The van der Waals surface area contributed by atoms with Gasteiger partial charge in [0.1, 0.15) is 0 Å². The molecular weight excluding hydrogens is 328 g/mol. The van der Waals surface area contributed by atoms with Gasteiger partial charge in [-0.3, -0.25) is 4.79 Å². The zero-order valence-electron chi connectivity index (χ0n) is 12.5. The summed E-state index contributed by atoms with van der Waals surface area (Å²) in [6.07, 6.45) is 0. The number of hydrogen-bond acceptors (Lipinski definition) is 2. The summed E-state index contributed by atoms with van der Waals surface area (Å²) < 4.78 is 1.11. The average molecular weight is 347 g/mol. The first-order valence-corrected chi connectivity index (χ1v) is 7.57. The van der Waals surface area contributed by atoms with E-state index in [1.807, 2.05) is 24.3 Å². The van der Waals surface area contributed by atoms with Gasteiger partial charge in [-0.05, 0) is 48.4 Å². The summed E-state index contributed by atoms with van der Waals surface area (Å²) >= 11 is 3.58. The fourth-order valence-corrected chi connectivity index (χ4v) is 2.62. The molecule has 2 rings (SSSR count). The van der Waals surface area contributed by atoms with E-state index in [-0.39, 0.29) is 5.91 Å². The number of nitrogens with one attached hydrogen (secondary N) is 1. The lowest BCUT2D eigenvalue weighted by Crippen LogP contribution is -2.21. The van der Waals surface area contributed by atoms with Gasteiger partial charge in [-0.1, -0.05) is 28.1 Å². The molecule has 0 saturated carbocycles. The highest BCUT2D eigenvalue weighted by Gasteiger charge is 2.07. The number of carbonyl (C=O) groups excluding carboxylic acids is 1. The number of carbonyl (C=O) groups is 1. The largest absolute Gasteiger partial charge is 0.381 e. The Balaban J connectivity index is 2.02. The maximum absolute atomic E-state index is 11.8. The standard InChI is InChI=1S/C17H19BrN2O/c1-12-4-5-14(16(18)10-12)11-19-15-8-6-13(7-9-15)17(21)20(2)3/h4-10,19H,11H2,1-3H3. The summed E-state index contributed by atoms with van der Waals surface area (Å²) in [6.45, 7) is 2.81. The van der Waals surface area contributed by atoms with Crippen molar-refractivity contribution >= 4 is 27.5 Å². The third-order valence-electron chi connectivity index (χ3n) is 3.23. The third kappa shape index (κ3) is 4.08. The predicted molar refractivity (Wildman–Crippen MR) is 90.7 cm³/mol. The number of aryl methyl sites for hydroxylation is 1. The van der Waals surface area contributed by atoms with Crippen molar-refractivity contribution in [2.75, 3.05) is 19.4 Å². The van der Waals surface area contributed by atoms with Crippen molar-refractivity contribution in [2.24, 2.45) is 0 Å². The Hall–Kier alpha value is -1.81. The number of amides is 1. The molecular formula is C17H19BrN2O. The van der Waals surface area contributed by atoms with Gasteiger partial charge in [-0.25, -0.2) is 0 Å². The number of halogens is 1. The second kappa shape index (κ2) is 6.76. The molecule has 110 valence electrons. The Bertz CT molecular complexity index is 636. The molecule has 4 heteroatoms. The van der Waals surface area contributed by atoms with Crippen LogP contribution in [0.25, 0.3) is 0 Å². The molecule has 0 aromatic heterocycles. The first kappa shape index (κ1) is 15.6. The highest BCUT2D eigenvalue weighted by Crippen LogP contribution is 2.20. The fourth-order valence-electron chi connectivity index (χ4n) is 1.98. The van der Waals surface area contributed by atoms with Gasteiger partial charge in [0.25, 0.3) is 5.91 Å². The van der Waals surface area contributed by atoms with E-state index in [1.165, 1.54) is 11.1 Å². The Morgan fingerprint density at radius 1 is 1.14 bits per heavy atom. The molecule has 0 aliphatic heterocycles. The van der Waals surface area contributed by atoms with E-state index in [9.17, 15) is 4.79 Å². The molecule has 3 nitrogen and oxygen atoms in total. The Labute approximate surface area is 134 Å². The van der Waals surface area contributed by atoms with Gasteiger partial charge < -0.3 is 10.2 Å². The Morgan fingerprint density at radius 3 is 2.38 bits per heavy atom. The highest BCUT2D eigenvalue weighted by atomic mass is 79.9. The third-order valence-corrected chi connectivity index (χ3v) is 3.97. The van der Waals surface area contributed by atoms with Crippen LogP contribution in [0.4, 0.5) is 5.69 Å². The van der Waals surface area contributed by atoms with Crippen molar-refractivity contribution in [2.45, 2.75) is 13.5 Å². The summed E-state index contributed by atoms with van der Waals surface area (Å²) in [4.78, 5) is 13.4. The number of nitrogens with zero attached hydrogens (tertiary/aromatic N) is 1. The predicted octanol–water partition coefficient (Wildman–Crippen LogP) is 4.07. The summed E-state index contributed by atoms with van der Waals surface area (Å²) in [7, 11) is 3.51. The van der Waals surface area contributed by atoms with E-state index in [2.05, 4.69) is 46.4 Å². The Kier molecular flexibility index (Phi) is 5.02. The minimum Gasteiger partial charge on any atom is -0.381 e. The van der Waals surface area contributed by atoms with Crippen LogP contribution in [0, 0.1) is 6.92 Å². The van der Waals surface area contributed by atoms with Crippen molar-refractivity contribution in [3.63, 3.8) is 0 Å². The molecule has 0 aliphatic rings. The normalized spacial score (nSPS) is 10.3. The first-order chi connectivity index (χ1) is 9.97. The summed E-state index contributed by atoms with van der Waals surface area (Å²) in [5, 5.41) is 3.36. The van der Waals surface area contributed by atoms with Crippen LogP contribution in [-0.2, 0) is 6.54 Å². The van der Waals surface area contributed by atoms with Crippen LogP contribution in [0.5, 0.6) is 0 Å². The van der Waals surface area contributed by atoms with Gasteiger partial charge in [0.2, 0.25) is 0 Å². The maximum Gasteiger partial charge on any atom is 0.253 e. The Morgan fingerprint density at radius 2 is 1.81 bits per heavy atom. The van der Waals surface area contributed by atoms with Crippen molar-refractivity contribution in [1.82, 2.24) is 4.90 Å². The lowest BCUT2D eigenvalue weighted by Gasteiger charge is -2.12. The summed E-state index contributed by atoms with van der Waals surface area (Å²) in [5.74, 6) is 0.0165. The van der Waals surface area contributed by atoms with Crippen molar-refractivity contribution < 1.29 is 4.79 Å². The van der Waals surface area contributed by atoms with Gasteiger partial charge in [0, 0.05) is 36.4 Å². The van der Waals surface area contributed by atoms with Crippen molar-refractivity contribution in [1.29, 1.82) is 0 Å². The van der Waals surface area contributed by atoms with Gasteiger partial charge in [0.15, 0.2) is 0 Å². The molecule has 21 heavy (non-hydrogen) atoms. The zero-order valence-corrected chi connectivity index (χ0v) is 14.1. The van der Waals surface area contributed by atoms with Crippen LogP contribution in [0.1, 0.15) is 21.5 Å². The molecule has 0 unspecified atom stereocenters. The van der Waals surface area contributed by atoms with E-state index in [0.717, 1.165) is 16.7 Å². The lowest BCUT2D eigenvalue weighted by atomic mass is 10.1. The average Bonchev–Trinajstić information content (AvgIpc) is 2.46. The summed E-state index contributed by atoms with van der Waals surface area (Å²) in [6, 6.07) is 13.9. The zero-order chi connectivity index (χ0) is 15.4. The molecule has 0 spiro atoms. The second-order valence-electron chi connectivity index (χ2n) is 5.23. The molecule has 1 amide bonds. The number of rotatable bonds is 4. The van der Waals surface area contributed by atoms with Gasteiger partial charge in [0.05, 0.1) is 0 Å². The van der Waals surface area contributed by atoms with Gasteiger partial charge in [-0.15, -0.1) is 0 Å². The topological polar surface area (TPSA) is 32.3 Å². The molecule has 1 N–H and O–H groups in total. The van der Waals surface area contributed by atoms with E-state index in [4.69, 9.17) is 0 Å². The van der Waals surface area contributed by atoms with Crippen LogP contribution in [0.3, 0.4) is 0 Å². The molecule has 0 bridgehead atoms. The SMILES string of the molecule is Cc1ccc(CNc2ccc(C(=O)N(C)C)cc2)c(Br)c1. The molecule has 0 radical (unpaired) electrons. The van der Waals surface area contributed by atoms with Gasteiger partial charge in [-0.2, -0.15) is 0 Å². The molecule has 2 aromatic rings. The van der Waals surface area contributed by atoms with Crippen molar-refractivity contribution in [3.8, 4) is 0 Å². The smallest absolute Gasteiger partial charge is 0.253 e. The quantitative estimate of drug-likeness (QED) is 0.904. The molecule has 2 aromatic carbocycles. The van der Waals surface area contributed by atoms with Gasteiger partial charge >= 0.3 is 0 Å². The van der Waals surface area contributed by atoms with E-state index in [1.54, 1.807) is 19.0 Å². The monoisotopic (exact) mass is 346 g/mol. The molecule has 0 atom stereocenters. The lowest BCUT2D eigenvalue weighted by molar-refractivity contribution is 0.0827. The van der Waals surface area contributed by atoms with E-state index >= 15 is 0 Å². The minimum atomic E-state index is 0.0165. The summed E-state index contributed by atoms with van der Waals surface area (Å²) in [5.41, 5.74) is 4.13. The van der Waals surface area contributed by atoms with E-state index < -0.39 is 0 Å². The molecule has 0 aliphatic carbocycles. The minimum absolute atomic E-state index is 0.0165. The van der Waals surface area contributed by atoms with Crippen LogP contribution in [0.2, 0.25) is 0 Å². The second-order valence-corrected chi connectivity index (χ2v) is 6.08. The maximum atomic E-state index is 11.8. The van der Waals surface area contributed by atoms with Crippen molar-refractivity contribution in [3.05, 3.63) is 63.6 Å².